The minimum Gasteiger partial charge on any atom is -0.0683 e. The zero-order valence-corrected chi connectivity index (χ0v) is 16.4. The molecule has 0 heteroatoms. The maximum atomic E-state index is 2.51. The van der Waals surface area contributed by atoms with E-state index in [2.05, 4.69) is 41.5 Å². The van der Waals surface area contributed by atoms with Crippen LogP contribution in [0.25, 0.3) is 0 Å². The average molecular weight is 285 g/mol. The summed E-state index contributed by atoms with van der Waals surface area (Å²) in [6.45, 7) is 22.6. The van der Waals surface area contributed by atoms with Gasteiger partial charge in [0.2, 0.25) is 0 Å². The van der Waals surface area contributed by atoms with Crippen LogP contribution in [0.2, 0.25) is 0 Å². The van der Waals surface area contributed by atoms with Crippen LogP contribution in [0.15, 0.2) is 0 Å². The van der Waals surface area contributed by atoms with Crippen molar-refractivity contribution in [2.75, 3.05) is 0 Å². The van der Waals surface area contributed by atoms with E-state index in [4.69, 9.17) is 0 Å². The maximum absolute atomic E-state index is 2.51. The van der Waals surface area contributed by atoms with Crippen LogP contribution in [-0.4, -0.2) is 0 Å². The first-order valence-electron chi connectivity index (χ1n) is 9.30. The maximum Gasteiger partial charge on any atom is -0.0303 e. The summed E-state index contributed by atoms with van der Waals surface area (Å²) in [5.41, 5.74) is 1.22. The molecule has 20 heavy (non-hydrogen) atoms. The topological polar surface area (TPSA) is 0 Å². The van der Waals surface area contributed by atoms with Crippen LogP contribution in [0.3, 0.4) is 0 Å². The summed E-state index contributed by atoms with van der Waals surface area (Å²) in [6, 6.07) is 0. The van der Waals surface area contributed by atoms with Gasteiger partial charge in [0.1, 0.15) is 0 Å². The molecule has 0 aromatic carbocycles. The molecule has 1 fully saturated rings. The van der Waals surface area contributed by atoms with E-state index in [1.54, 1.807) is 0 Å². The monoisotopic (exact) mass is 284 g/mol. The van der Waals surface area contributed by atoms with Gasteiger partial charge in [0.05, 0.1) is 0 Å². The van der Waals surface area contributed by atoms with Gasteiger partial charge in [-0.2, -0.15) is 0 Å². The molecule has 0 radical (unpaired) electrons. The number of rotatable bonds is 2. The van der Waals surface area contributed by atoms with Crippen LogP contribution in [0.1, 0.15) is 108 Å². The number of hydrogen-bond acceptors (Lipinski definition) is 0. The van der Waals surface area contributed by atoms with E-state index in [1.807, 2.05) is 27.7 Å². The van der Waals surface area contributed by atoms with Gasteiger partial charge in [-0.3, -0.25) is 0 Å². The predicted octanol–water partition coefficient (Wildman–Crippen LogP) is 7.72. The van der Waals surface area contributed by atoms with Gasteiger partial charge in [0, 0.05) is 0 Å². The van der Waals surface area contributed by atoms with Crippen molar-refractivity contribution in [3.8, 4) is 0 Å². The summed E-state index contributed by atoms with van der Waals surface area (Å²) in [4.78, 5) is 0. The molecule has 1 rings (SSSR count). The summed E-state index contributed by atoms with van der Waals surface area (Å²) >= 11 is 0. The summed E-state index contributed by atoms with van der Waals surface area (Å²) in [7, 11) is 0. The van der Waals surface area contributed by atoms with Crippen LogP contribution >= 0.6 is 0 Å². The molecule has 124 valence electrons. The molecule has 1 saturated carbocycles. The lowest BCUT2D eigenvalue weighted by Gasteiger charge is -2.42. The normalized spacial score (nSPS) is 30.6. The molecule has 0 aromatic rings. The molecule has 1 aliphatic rings. The van der Waals surface area contributed by atoms with Crippen molar-refractivity contribution in [2.24, 2.45) is 22.7 Å². The van der Waals surface area contributed by atoms with Crippen LogP contribution in [0, 0.1) is 22.7 Å². The Hall–Kier alpha value is 0. The Bertz CT molecular complexity index is 180. The highest BCUT2D eigenvalue weighted by Crippen LogP contribution is 2.46. The molecule has 0 heterocycles. The Morgan fingerprint density at radius 2 is 0.750 bits per heavy atom. The van der Waals surface area contributed by atoms with Gasteiger partial charge in [-0.25, -0.2) is 0 Å². The zero-order valence-electron chi connectivity index (χ0n) is 16.4. The van der Waals surface area contributed by atoms with Gasteiger partial charge in [-0.15, -0.1) is 0 Å². The lowest BCUT2D eigenvalue weighted by molar-refractivity contribution is 0.0934. The van der Waals surface area contributed by atoms with Crippen molar-refractivity contribution in [1.29, 1.82) is 0 Å². The Balaban J connectivity index is 0. The third-order valence-corrected chi connectivity index (χ3v) is 5.78. The van der Waals surface area contributed by atoms with Crippen molar-refractivity contribution < 1.29 is 0 Å². The lowest BCUT2D eigenvalue weighted by atomic mass is 9.64. The van der Waals surface area contributed by atoms with E-state index < -0.39 is 0 Å². The summed E-state index contributed by atoms with van der Waals surface area (Å²) in [5, 5.41) is 0. The van der Waals surface area contributed by atoms with Crippen molar-refractivity contribution in [3.05, 3.63) is 0 Å². The van der Waals surface area contributed by atoms with Crippen molar-refractivity contribution in [3.63, 3.8) is 0 Å². The van der Waals surface area contributed by atoms with E-state index in [0.717, 1.165) is 11.8 Å². The quantitative estimate of drug-likeness (QED) is 0.487. The van der Waals surface area contributed by atoms with E-state index in [1.165, 1.54) is 38.5 Å². The molecule has 0 amide bonds. The van der Waals surface area contributed by atoms with Crippen LogP contribution in [0.5, 0.6) is 0 Å². The van der Waals surface area contributed by atoms with Crippen molar-refractivity contribution >= 4 is 0 Å². The third kappa shape index (κ3) is 6.64. The molecular weight excluding hydrogens is 240 g/mol. The third-order valence-electron chi connectivity index (χ3n) is 5.78. The standard InChI is InChI=1S/C16H32.2C2H6/c1-13(2)15(5)9-7-11-16(6,14(3)4)12-8-10-15;2*1-2/h13-14H,7-12H2,1-6H3;2*1-2H3. The highest BCUT2D eigenvalue weighted by Gasteiger charge is 2.34. The lowest BCUT2D eigenvalue weighted by Crippen LogP contribution is -2.30. The van der Waals surface area contributed by atoms with Gasteiger partial charge in [-0.1, -0.05) is 82.1 Å². The molecule has 0 bridgehead atoms. The first-order valence-corrected chi connectivity index (χ1v) is 9.30. The molecule has 0 atom stereocenters. The van der Waals surface area contributed by atoms with E-state index >= 15 is 0 Å². The second-order valence-electron chi connectivity index (χ2n) is 7.32. The minimum absolute atomic E-state index is 0.609. The predicted molar refractivity (Wildman–Crippen MR) is 96.3 cm³/mol. The van der Waals surface area contributed by atoms with Crippen LogP contribution < -0.4 is 0 Å². The Morgan fingerprint density at radius 1 is 0.550 bits per heavy atom. The van der Waals surface area contributed by atoms with Crippen LogP contribution in [-0.2, 0) is 0 Å². The first-order chi connectivity index (χ1) is 9.30. The van der Waals surface area contributed by atoms with E-state index in [-0.39, 0.29) is 0 Å². The average Bonchev–Trinajstić information content (AvgIpc) is 2.41. The first kappa shape index (κ1) is 22.3. The molecule has 0 saturated heterocycles. The second kappa shape index (κ2) is 10.7. The summed E-state index contributed by atoms with van der Waals surface area (Å²) in [5.74, 6) is 1.69. The molecule has 0 aromatic heterocycles. The molecule has 0 spiro atoms. The summed E-state index contributed by atoms with van der Waals surface area (Å²) in [6.07, 6.45) is 8.62. The number of hydrogen-bond donors (Lipinski definition) is 0. The Labute approximate surface area is 131 Å². The Kier molecular flexibility index (Phi) is 11.9. The Morgan fingerprint density at radius 3 is 0.900 bits per heavy atom. The largest absolute Gasteiger partial charge is 0.0683 e. The fraction of sp³-hybridized carbons (Fsp3) is 1.00. The second-order valence-corrected chi connectivity index (χ2v) is 7.32. The van der Waals surface area contributed by atoms with Gasteiger partial charge < -0.3 is 0 Å². The minimum atomic E-state index is 0.609. The summed E-state index contributed by atoms with van der Waals surface area (Å²) < 4.78 is 0. The fourth-order valence-corrected chi connectivity index (χ4v) is 3.20. The van der Waals surface area contributed by atoms with Crippen molar-refractivity contribution in [1.82, 2.24) is 0 Å². The molecule has 1 aliphatic carbocycles. The highest BCUT2D eigenvalue weighted by molar-refractivity contribution is 4.86. The fourth-order valence-electron chi connectivity index (χ4n) is 3.20. The van der Waals surface area contributed by atoms with E-state index in [0.29, 0.717) is 10.8 Å². The molecule has 0 nitrogen and oxygen atoms in total. The van der Waals surface area contributed by atoms with Gasteiger partial charge in [0.15, 0.2) is 0 Å². The molecule has 0 N–H and O–H groups in total. The molecular formula is C20H44. The highest BCUT2D eigenvalue weighted by atomic mass is 14.4. The van der Waals surface area contributed by atoms with Gasteiger partial charge in [0.25, 0.3) is 0 Å². The van der Waals surface area contributed by atoms with E-state index in [9.17, 15) is 0 Å². The smallest absolute Gasteiger partial charge is 0.0303 e. The van der Waals surface area contributed by atoms with Crippen LogP contribution in [0.4, 0.5) is 0 Å². The van der Waals surface area contributed by atoms with Gasteiger partial charge >= 0.3 is 0 Å². The van der Waals surface area contributed by atoms with Gasteiger partial charge in [-0.05, 0) is 48.3 Å². The van der Waals surface area contributed by atoms with Crippen molar-refractivity contribution in [2.45, 2.75) is 108 Å². The zero-order chi connectivity index (χ0) is 16.4. The SMILES string of the molecule is CC.CC.CC(C)C1(C)CCCC(C)(C(C)C)CCC1. The molecule has 0 unspecified atom stereocenters. The molecule has 0 aliphatic heterocycles.